The Morgan fingerprint density at radius 1 is 1.32 bits per heavy atom. The van der Waals surface area contributed by atoms with Gasteiger partial charge in [-0.2, -0.15) is 0 Å². The third-order valence-corrected chi connectivity index (χ3v) is 5.87. The lowest BCUT2D eigenvalue weighted by Gasteiger charge is -2.58. The van der Waals surface area contributed by atoms with E-state index in [0.717, 1.165) is 32.1 Å². The van der Waals surface area contributed by atoms with Crippen LogP contribution in [0, 0.1) is 17.8 Å². The van der Waals surface area contributed by atoms with E-state index in [4.69, 9.17) is 11.6 Å². The fraction of sp³-hybridized carbons (Fsp3) is 0.625. The molecule has 1 aromatic heterocycles. The van der Waals surface area contributed by atoms with Gasteiger partial charge in [0.2, 0.25) is 0 Å². The molecule has 0 radical (unpaired) electrons. The quantitative estimate of drug-likeness (QED) is 0.745. The van der Waals surface area contributed by atoms with Crippen LogP contribution in [0.1, 0.15) is 42.5 Å². The zero-order valence-electron chi connectivity index (χ0n) is 12.1. The lowest BCUT2D eigenvalue weighted by atomic mass is 9.52. The van der Waals surface area contributed by atoms with Crippen molar-refractivity contribution in [2.75, 3.05) is 5.32 Å². The highest BCUT2D eigenvalue weighted by molar-refractivity contribution is 6.29. The fourth-order valence-corrected chi connectivity index (χ4v) is 5.27. The molecule has 4 aliphatic carbocycles. The van der Waals surface area contributed by atoms with E-state index in [0.29, 0.717) is 23.4 Å². The summed E-state index contributed by atoms with van der Waals surface area (Å²) in [7, 11) is 0. The van der Waals surface area contributed by atoms with Gasteiger partial charge in [-0.1, -0.05) is 11.6 Å². The second-order valence-electron chi connectivity index (χ2n) is 7.22. The van der Waals surface area contributed by atoms with Crippen LogP contribution in [-0.4, -0.2) is 32.8 Å². The highest BCUT2D eigenvalue weighted by Gasteiger charge is 2.54. The van der Waals surface area contributed by atoms with Crippen LogP contribution in [0.5, 0.6) is 0 Å². The smallest absolute Gasteiger partial charge is 0.339 e. The Kier molecular flexibility index (Phi) is 3.13. The molecule has 22 heavy (non-hydrogen) atoms. The number of carboxylic acid groups (broad SMARTS) is 1. The van der Waals surface area contributed by atoms with Gasteiger partial charge in [0.1, 0.15) is 10.7 Å². The number of carbonyl (C=O) groups is 1. The molecule has 5 atom stereocenters. The number of nitrogens with one attached hydrogen (secondary N) is 1. The van der Waals surface area contributed by atoms with Crippen molar-refractivity contribution < 1.29 is 15.0 Å². The normalized spacial score (nSPS) is 39.0. The summed E-state index contributed by atoms with van der Waals surface area (Å²) in [5, 5.41) is 23.6. The van der Waals surface area contributed by atoms with Crippen LogP contribution in [0.4, 0.5) is 5.69 Å². The summed E-state index contributed by atoms with van der Waals surface area (Å²) in [6.07, 6.45) is 6.12. The Hall–Kier alpha value is -1.33. The molecule has 0 spiro atoms. The number of rotatable bonds is 3. The Bertz CT molecular complexity index is 620. The Morgan fingerprint density at radius 3 is 2.59 bits per heavy atom. The van der Waals surface area contributed by atoms with Gasteiger partial charge in [0, 0.05) is 12.2 Å². The van der Waals surface area contributed by atoms with Gasteiger partial charge in [-0.15, -0.1) is 0 Å². The summed E-state index contributed by atoms with van der Waals surface area (Å²) in [5.74, 6) is 0.435. The average molecular weight is 323 g/mol. The molecule has 4 saturated carbocycles. The van der Waals surface area contributed by atoms with Crippen LogP contribution in [0.15, 0.2) is 12.3 Å². The van der Waals surface area contributed by atoms with Gasteiger partial charge in [0.25, 0.3) is 0 Å². The van der Waals surface area contributed by atoms with Gasteiger partial charge >= 0.3 is 5.97 Å². The minimum Gasteiger partial charge on any atom is -0.478 e. The second-order valence-corrected chi connectivity index (χ2v) is 7.61. The van der Waals surface area contributed by atoms with Gasteiger partial charge in [-0.3, -0.25) is 0 Å². The van der Waals surface area contributed by atoms with Crippen molar-refractivity contribution in [3.05, 3.63) is 23.0 Å². The van der Waals surface area contributed by atoms with Crippen LogP contribution in [-0.2, 0) is 0 Å². The second kappa shape index (κ2) is 4.83. The van der Waals surface area contributed by atoms with E-state index in [1.165, 1.54) is 6.20 Å². The molecular formula is C16H19ClN2O3. The van der Waals surface area contributed by atoms with Crippen molar-refractivity contribution in [2.24, 2.45) is 17.8 Å². The summed E-state index contributed by atoms with van der Waals surface area (Å²) in [6.45, 7) is 0. The predicted molar refractivity (Wildman–Crippen MR) is 82.1 cm³/mol. The number of aliphatic hydroxyl groups is 1. The largest absolute Gasteiger partial charge is 0.478 e. The van der Waals surface area contributed by atoms with Gasteiger partial charge in [-0.25, -0.2) is 9.78 Å². The standard InChI is InChI=1S/C16H19ClN2O3/c17-13-3-12(11(7-18-13)15(20)21)19-14-9-1-8-2-10(14)6-16(22,4-8)5-9/h3,7-10,14,22H,1-2,4-6H2,(H,18,19)(H,20,21)/t8?,9-,10+,14+,16-. The van der Waals surface area contributed by atoms with Gasteiger partial charge in [0.15, 0.2) is 0 Å². The molecule has 6 heteroatoms. The molecule has 118 valence electrons. The maximum Gasteiger partial charge on any atom is 0.339 e. The molecule has 5 rings (SSSR count). The van der Waals surface area contributed by atoms with Crippen molar-refractivity contribution in [3.63, 3.8) is 0 Å². The maximum absolute atomic E-state index is 11.4. The molecule has 5 nitrogen and oxygen atoms in total. The molecule has 1 heterocycles. The molecule has 0 aromatic carbocycles. The van der Waals surface area contributed by atoms with E-state index >= 15 is 0 Å². The van der Waals surface area contributed by atoms with Crippen LogP contribution in [0.3, 0.4) is 0 Å². The summed E-state index contributed by atoms with van der Waals surface area (Å²) in [6, 6.07) is 1.80. The first-order valence-electron chi connectivity index (χ1n) is 7.81. The molecule has 1 unspecified atom stereocenters. The maximum atomic E-state index is 11.4. The number of nitrogens with zero attached hydrogens (tertiary/aromatic N) is 1. The summed E-state index contributed by atoms with van der Waals surface area (Å²) in [4.78, 5) is 15.2. The van der Waals surface area contributed by atoms with Gasteiger partial charge in [0.05, 0.1) is 11.3 Å². The van der Waals surface area contributed by atoms with Crippen LogP contribution in [0.25, 0.3) is 0 Å². The van der Waals surface area contributed by atoms with Crippen molar-refractivity contribution in [3.8, 4) is 0 Å². The number of carboxylic acids is 1. The van der Waals surface area contributed by atoms with Crippen molar-refractivity contribution in [1.29, 1.82) is 0 Å². The number of pyridine rings is 1. The lowest BCUT2D eigenvalue weighted by Crippen LogP contribution is -2.59. The first kappa shape index (κ1) is 14.3. The van der Waals surface area contributed by atoms with E-state index in [9.17, 15) is 15.0 Å². The fourth-order valence-electron chi connectivity index (χ4n) is 5.12. The number of anilines is 1. The zero-order chi connectivity index (χ0) is 15.5. The highest BCUT2D eigenvalue weighted by Crippen LogP contribution is 2.56. The molecule has 1 aromatic rings. The SMILES string of the molecule is O=C(O)c1cnc(Cl)cc1N[C@H]1[C@@H]2CC3C[C@H]1C[C@@](O)(C3)C2. The molecule has 4 aliphatic rings. The van der Waals surface area contributed by atoms with Crippen molar-refractivity contribution >= 4 is 23.3 Å². The number of aromatic carboxylic acids is 1. The van der Waals surface area contributed by atoms with E-state index in [-0.39, 0.29) is 16.8 Å². The first-order valence-corrected chi connectivity index (χ1v) is 8.19. The average Bonchev–Trinajstić information content (AvgIpc) is 2.40. The summed E-state index contributed by atoms with van der Waals surface area (Å²) in [5.41, 5.74) is 0.203. The predicted octanol–water partition coefficient (Wildman–Crippen LogP) is 2.78. The molecule has 0 saturated heterocycles. The lowest BCUT2D eigenvalue weighted by molar-refractivity contribution is -0.129. The number of halogens is 1. The third-order valence-electron chi connectivity index (χ3n) is 5.66. The minimum atomic E-state index is -1.01. The summed E-state index contributed by atoms with van der Waals surface area (Å²) >= 11 is 5.93. The van der Waals surface area contributed by atoms with E-state index in [1.54, 1.807) is 6.07 Å². The number of hydrogen-bond donors (Lipinski definition) is 3. The Morgan fingerprint density at radius 2 is 2.00 bits per heavy atom. The molecule has 3 N–H and O–H groups in total. The number of aromatic nitrogens is 1. The molecule has 4 bridgehead atoms. The third kappa shape index (κ3) is 2.27. The van der Waals surface area contributed by atoms with Crippen molar-refractivity contribution in [1.82, 2.24) is 4.98 Å². The van der Waals surface area contributed by atoms with E-state index in [2.05, 4.69) is 10.3 Å². The zero-order valence-corrected chi connectivity index (χ0v) is 12.9. The topological polar surface area (TPSA) is 82.5 Å². The van der Waals surface area contributed by atoms with Crippen LogP contribution in [0.2, 0.25) is 5.15 Å². The van der Waals surface area contributed by atoms with Crippen molar-refractivity contribution in [2.45, 2.75) is 43.7 Å². The molecule has 0 aliphatic heterocycles. The molecule has 0 amide bonds. The van der Waals surface area contributed by atoms with E-state index < -0.39 is 11.6 Å². The summed E-state index contributed by atoms with van der Waals surface area (Å²) < 4.78 is 0. The number of hydrogen-bond acceptors (Lipinski definition) is 4. The minimum absolute atomic E-state index is 0.150. The Labute approximate surface area is 133 Å². The van der Waals surface area contributed by atoms with Gasteiger partial charge in [-0.05, 0) is 55.9 Å². The van der Waals surface area contributed by atoms with E-state index in [1.807, 2.05) is 0 Å². The molecule has 4 fully saturated rings. The van der Waals surface area contributed by atoms with Gasteiger partial charge < -0.3 is 15.5 Å². The van der Waals surface area contributed by atoms with Crippen LogP contribution < -0.4 is 5.32 Å². The highest BCUT2D eigenvalue weighted by atomic mass is 35.5. The Balaban J connectivity index is 1.62. The van der Waals surface area contributed by atoms with Crippen LogP contribution >= 0.6 is 11.6 Å². The first-order chi connectivity index (χ1) is 10.4. The molecular weight excluding hydrogens is 304 g/mol. The monoisotopic (exact) mass is 322 g/mol.